The number of amides is 1. The van der Waals surface area contributed by atoms with Crippen LogP contribution in [0.25, 0.3) is 0 Å². The van der Waals surface area contributed by atoms with Crippen LogP contribution < -0.4 is 4.90 Å². The molecule has 3 rings (SSSR count). The van der Waals surface area contributed by atoms with Gasteiger partial charge in [-0.1, -0.05) is 43.3 Å². The first-order valence-corrected chi connectivity index (χ1v) is 9.98. The highest BCUT2D eigenvalue weighted by atomic mass is 19.1. The van der Waals surface area contributed by atoms with E-state index in [1.165, 1.54) is 6.07 Å². The van der Waals surface area contributed by atoms with Crippen LogP contribution >= 0.6 is 0 Å². The summed E-state index contributed by atoms with van der Waals surface area (Å²) in [4.78, 5) is 16.8. The lowest BCUT2D eigenvalue weighted by Gasteiger charge is -2.35. The molecule has 1 aliphatic rings. The van der Waals surface area contributed by atoms with Gasteiger partial charge >= 0.3 is 0 Å². The van der Waals surface area contributed by atoms with E-state index in [4.69, 9.17) is 0 Å². The van der Waals surface area contributed by atoms with Crippen molar-refractivity contribution in [3.8, 4) is 0 Å². The van der Waals surface area contributed by atoms with Crippen LogP contribution in [0.2, 0.25) is 0 Å². The van der Waals surface area contributed by atoms with Crippen molar-refractivity contribution < 1.29 is 9.18 Å². The highest BCUT2D eigenvalue weighted by Crippen LogP contribution is 2.23. The number of likely N-dealkylation sites (tertiary alicyclic amines) is 1. The van der Waals surface area contributed by atoms with E-state index < -0.39 is 0 Å². The summed E-state index contributed by atoms with van der Waals surface area (Å²) < 4.78 is 13.8. The van der Waals surface area contributed by atoms with Gasteiger partial charge in [-0.2, -0.15) is 0 Å². The van der Waals surface area contributed by atoms with Gasteiger partial charge in [0.25, 0.3) is 0 Å². The normalized spacial score (nSPS) is 15.6. The van der Waals surface area contributed by atoms with Gasteiger partial charge in [0.15, 0.2) is 0 Å². The molecule has 1 amide bonds. The van der Waals surface area contributed by atoms with Crippen molar-refractivity contribution in [1.82, 2.24) is 4.90 Å². The molecule has 0 radical (unpaired) electrons. The lowest BCUT2D eigenvalue weighted by molar-refractivity contribution is -0.118. The van der Waals surface area contributed by atoms with Gasteiger partial charge in [-0.15, -0.1) is 0 Å². The van der Waals surface area contributed by atoms with Crippen LogP contribution in [0.15, 0.2) is 54.6 Å². The summed E-state index contributed by atoms with van der Waals surface area (Å²) in [6.45, 7) is 5.63. The Hall–Kier alpha value is -2.20. The van der Waals surface area contributed by atoms with E-state index in [0.29, 0.717) is 12.3 Å². The summed E-state index contributed by atoms with van der Waals surface area (Å²) >= 11 is 0. The number of hydrogen-bond donors (Lipinski definition) is 0. The van der Waals surface area contributed by atoms with Gasteiger partial charge in [-0.3, -0.25) is 4.79 Å². The SMILES string of the molecule is CCC(=O)N(CC1CCN(CCc2ccccc2F)CC1)c1ccccc1. The fourth-order valence-corrected chi connectivity index (χ4v) is 3.78. The lowest BCUT2D eigenvalue weighted by atomic mass is 9.95. The number of carbonyl (C=O) groups is 1. The molecule has 0 bridgehead atoms. The molecule has 1 fully saturated rings. The average Bonchev–Trinajstić information content (AvgIpc) is 2.72. The highest BCUT2D eigenvalue weighted by molar-refractivity contribution is 5.93. The van der Waals surface area contributed by atoms with Crippen LogP contribution in [0.5, 0.6) is 0 Å². The second-order valence-corrected chi connectivity index (χ2v) is 7.32. The van der Waals surface area contributed by atoms with E-state index in [2.05, 4.69) is 4.90 Å². The van der Waals surface area contributed by atoms with Crippen molar-refractivity contribution >= 4 is 11.6 Å². The zero-order valence-electron chi connectivity index (χ0n) is 16.1. The first-order chi connectivity index (χ1) is 13.2. The minimum atomic E-state index is -0.107. The molecule has 27 heavy (non-hydrogen) atoms. The molecule has 144 valence electrons. The van der Waals surface area contributed by atoms with E-state index in [9.17, 15) is 9.18 Å². The third-order valence-corrected chi connectivity index (χ3v) is 5.47. The standard InChI is InChI=1S/C23H29FN2O/c1-2-23(27)26(21-9-4-3-5-10-21)18-19-12-15-25(16-13-19)17-14-20-8-6-7-11-22(20)24/h3-11,19H,2,12-18H2,1H3. The first kappa shape index (κ1) is 19.6. The molecular formula is C23H29FN2O. The number of anilines is 1. The van der Waals surface area contributed by atoms with Gasteiger partial charge in [0.2, 0.25) is 5.91 Å². The monoisotopic (exact) mass is 368 g/mol. The molecule has 2 aromatic carbocycles. The predicted molar refractivity (Wildman–Crippen MR) is 108 cm³/mol. The van der Waals surface area contributed by atoms with Gasteiger partial charge in [0.1, 0.15) is 5.82 Å². The molecule has 0 atom stereocenters. The molecule has 0 saturated carbocycles. The number of para-hydroxylation sites is 1. The zero-order chi connectivity index (χ0) is 19.1. The maximum atomic E-state index is 13.8. The van der Waals surface area contributed by atoms with Crippen LogP contribution in [0.3, 0.4) is 0 Å². The number of carbonyl (C=O) groups excluding carboxylic acids is 1. The van der Waals surface area contributed by atoms with Crippen molar-refractivity contribution in [3.63, 3.8) is 0 Å². The molecule has 3 nitrogen and oxygen atoms in total. The Bertz CT molecular complexity index is 726. The van der Waals surface area contributed by atoms with E-state index in [0.717, 1.165) is 56.7 Å². The molecule has 0 N–H and O–H groups in total. The third-order valence-electron chi connectivity index (χ3n) is 5.47. The Morgan fingerprint density at radius 3 is 2.41 bits per heavy atom. The van der Waals surface area contributed by atoms with Gasteiger partial charge in [0.05, 0.1) is 0 Å². The fraction of sp³-hybridized carbons (Fsp3) is 0.435. The number of rotatable bonds is 7. The molecule has 0 aromatic heterocycles. The minimum absolute atomic E-state index is 0.107. The Morgan fingerprint density at radius 2 is 1.74 bits per heavy atom. The van der Waals surface area contributed by atoms with Crippen molar-refractivity contribution in [3.05, 3.63) is 66.0 Å². The van der Waals surface area contributed by atoms with Crippen molar-refractivity contribution in [2.45, 2.75) is 32.6 Å². The van der Waals surface area contributed by atoms with Crippen molar-refractivity contribution in [2.75, 3.05) is 31.1 Å². The van der Waals surface area contributed by atoms with Crippen LogP contribution in [0.4, 0.5) is 10.1 Å². The van der Waals surface area contributed by atoms with Gasteiger partial charge in [-0.05, 0) is 62.0 Å². The maximum absolute atomic E-state index is 13.8. The molecule has 4 heteroatoms. The highest BCUT2D eigenvalue weighted by Gasteiger charge is 2.24. The molecule has 1 heterocycles. The van der Waals surface area contributed by atoms with E-state index in [1.807, 2.05) is 54.3 Å². The summed E-state index contributed by atoms with van der Waals surface area (Å²) in [6, 6.07) is 17.0. The van der Waals surface area contributed by atoms with E-state index in [1.54, 1.807) is 6.07 Å². The second kappa shape index (κ2) is 9.65. The summed E-state index contributed by atoms with van der Waals surface area (Å²) in [5.74, 6) is 0.595. The Labute approximate surface area is 161 Å². The summed E-state index contributed by atoms with van der Waals surface area (Å²) in [6.07, 6.45) is 3.44. The van der Waals surface area contributed by atoms with Gasteiger partial charge < -0.3 is 9.80 Å². The number of halogens is 1. The zero-order valence-corrected chi connectivity index (χ0v) is 16.1. The van der Waals surface area contributed by atoms with E-state index in [-0.39, 0.29) is 11.7 Å². The average molecular weight is 368 g/mol. The molecule has 1 aliphatic heterocycles. The number of piperidine rings is 1. The Balaban J connectivity index is 1.50. The first-order valence-electron chi connectivity index (χ1n) is 9.98. The van der Waals surface area contributed by atoms with E-state index >= 15 is 0 Å². The molecule has 1 saturated heterocycles. The van der Waals surface area contributed by atoms with Crippen LogP contribution in [-0.4, -0.2) is 37.0 Å². The third kappa shape index (κ3) is 5.39. The largest absolute Gasteiger partial charge is 0.312 e. The summed E-state index contributed by atoms with van der Waals surface area (Å²) in [7, 11) is 0. The van der Waals surface area contributed by atoms with Crippen LogP contribution in [0, 0.1) is 11.7 Å². The Kier molecular flexibility index (Phi) is 6.99. The summed E-state index contributed by atoms with van der Waals surface area (Å²) in [5, 5.41) is 0. The number of benzene rings is 2. The predicted octanol–water partition coefficient (Wildman–Crippen LogP) is 4.52. The Morgan fingerprint density at radius 1 is 1.07 bits per heavy atom. The fourth-order valence-electron chi connectivity index (χ4n) is 3.78. The number of hydrogen-bond acceptors (Lipinski definition) is 2. The molecular weight excluding hydrogens is 339 g/mol. The minimum Gasteiger partial charge on any atom is -0.312 e. The molecule has 0 unspecified atom stereocenters. The lowest BCUT2D eigenvalue weighted by Crippen LogP contribution is -2.41. The quantitative estimate of drug-likeness (QED) is 0.717. The molecule has 0 aliphatic carbocycles. The molecule has 2 aromatic rings. The van der Waals surface area contributed by atoms with Crippen LogP contribution in [0.1, 0.15) is 31.7 Å². The molecule has 0 spiro atoms. The van der Waals surface area contributed by atoms with Crippen LogP contribution in [-0.2, 0) is 11.2 Å². The van der Waals surface area contributed by atoms with Crippen molar-refractivity contribution in [1.29, 1.82) is 0 Å². The van der Waals surface area contributed by atoms with Gasteiger partial charge in [-0.25, -0.2) is 4.39 Å². The summed E-state index contributed by atoms with van der Waals surface area (Å²) in [5.41, 5.74) is 1.79. The maximum Gasteiger partial charge on any atom is 0.226 e. The second-order valence-electron chi connectivity index (χ2n) is 7.32. The van der Waals surface area contributed by atoms with Crippen molar-refractivity contribution in [2.24, 2.45) is 5.92 Å². The topological polar surface area (TPSA) is 23.6 Å². The van der Waals surface area contributed by atoms with Gasteiger partial charge in [0, 0.05) is 25.2 Å². The smallest absolute Gasteiger partial charge is 0.226 e. The number of nitrogens with zero attached hydrogens (tertiary/aromatic N) is 2.